The first-order chi connectivity index (χ1) is 7.61. The van der Waals surface area contributed by atoms with Crippen molar-refractivity contribution in [2.75, 3.05) is 18.2 Å². The predicted octanol–water partition coefficient (Wildman–Crippen LogP) is 3.09. The average molecular weight is 258 g/mol. The third-order valence-electron chi connectivity index (χ3n) is 3.12. The maximum absolute atomic E-state index is 5.98. The van der Waals surface area contributed by atoms with E-state index >= 15 is 0 Å². The first-order valence-corrected chi connectivity index (χ1v) is 7.03. The van der Waals surface area contributed by atoms with Crippen molar-refractivity contribution in [1.29, 1.82) is 0 Å². The van der Waals surface area contributed by atoms with Gasteiger partial charge in [-0.05, 0) is 31.9 Å². The zero-order chi connectivity index (χ0) is 11.7. The van der Waals surface area contributed by atoms with Crippen LogP contribution in [0.1, 0.15) is 19.8 Å². The van der Waals surface area contributed by atoms with Crippen molar-refractivity contribution < 1.29 is 0 Å². The molecule has 1 aliphatic rings. The van der Waals surface area contributed by atoms with Crippen LogP contribution in [0.2, 0.25) is 5.15 Å². The SMILES string of the molecule is CSc1nc(Cl)cc(N(C)C(C)C2CC2)n1. The van der Waals surface area contributed by atoms with Gasteiger partial charge in [0, 0.05) is 19.2 Å². The van der Waals surface area contributed by atoms with Gasteiger partial charge in [-0.15, -0.1) is 0 Å². The Morgan fingerprint density at radius 3 is 2.75 bits per heavy atom. The van der Waals surface area contributed by atoms with E-state index in [2.05, 4.69) is 28.8 Å². The smallest absolute Gasteiger partial charge is 0.190 e. The summed E-state index contributed by atoms with van der Waals surface area (Å²) in [6.45, 7) is 2.24. The molecule has 1 saturated carbocycles. The molecule has 1 atom stereocenters. The van der Waals surface area contributed by atoms with E-state index in [4.69, 9.17) is 11.6 Å². The van der Waals surface area contributed by atoms with Gasteiger partial charge < -0.3 is 4.90 Å². The Labute approximate surface area is 106 Å². The van der Waals surface area contributed by atoms with Crippen LogP contribution in [0, 0.1) is 5.92 Å². The number of nitrogens with zero attached hydrogens (tertiary/aromatic N) is 3. The molecular weight excluding hydrogens is 242 g/mol. The minimum absolute atomic E-state index is 0.518. The zero-order valence-corrected chi connectivity index (χ0v) is 11.3. The second-order valence-corrected chi connectivity index (χ2v) is 5.39. The Kier molecular flexibility index (Phi) is 3.60. The fourth-order valence-corrected chi connectivity index (χ4v) is 2.36. The molecule has 0 saturated heterocycles. The van der Waals surface area contributed by atoms with Crippen molar-refractivity contribution in [2.45, 2.75) is 31.0 Å². The van der Waals surface area contributed by atoms with Crippen LogP contribution in [0.25, 0.3) is 0 Å². The minimum atomic E-state index is 0.518. The van der Waals surface area contributed by atoms with Gasteiger partial charge in [0.25, 0.3) is 0 Å². The van der Waals surface area contributed by atoms with Gasteiger partial charge in [-0.25, -0.2) is 9.97 Å². The van der Waals surface area contributed by atoms with Crippen LogP contribution in [0.15, 0.2) is 11.2 Å². The highest BCUT2D eigenvalue weighted by molar-refractivity contribution is 7.98. The molecule has 16 heavy (non-hydrogen) atoms. The summed E-state index contributed by atoms with van der Waals surface area (Å²) in [5.41, 5.74) is 0. The number of rotatable bonds is 4. The Bertz CT molecular complexity index is 381. The maximum atomic E-state index is 5.98. The fraction of sp³-hybridized carbons (Fsp3) is 0.636. The Morgan fingerprint density at radius 1 is 1.50 bits per heavy atom. The van der Waals surface area contributed by atoms with E-state index in [-0.39, 0.29) is 0 Å². The average Bonchev–Trinajstić information content (AvgIpc) is 3.10. The summed E-state index contributed by atoms with van der Waals surface area (Å²) in [6, 6.07) is 2.36. The van der Waals surface area contributed by atoms with E-state index < -0.39 is 0 Å². The molecule has 3 nitrogen and oxygen atoms in total. The van der Waals surface area contributed by atoms with Crippen molar-refractivity contribution in [1.82, 2.24) is 9.97 Å². The highest BCUT2D eigenvalue weighted by Gasteiger charge is 2.31. The molecule has 0 spiro atoms. The lowest BCUT2D eigenvalue weighted by molar-refractivity contribution is 0.601. The molecule has 1 fully saturated rings. The van der Waals surface area contributed by atoms with E-state index in [1.54, 1.807) is 0 Å². The second-order valence-electron chi connectivity index (χ2n) is 4.22. The summed E-state index contributed by atoms with van der Waals surface area (Å²) in [5, 5.41) is 1.25. The quantitative estimate of drug-likeness (QED) is 0.471. The van der Waals surface area contributed by atoms with Gasteiger partial charge >= 0.3 is 0 Å². The summed E-state index contributed by atoms with van der Waals surface area (Å²) < 4.78 is 0. The zero-order valence-electron chi connectivity index (χ0n) is 9.77. The van der Waals surface area contributed by atoms with E-state index in [1.807, 2.05) is 12.3 Å². The fourth-order valence-electron chi connectivity index (χ4n) is 1.76. The monoisotopic (exact) mass is 257 g/mol. The third-order valence-corrected chi connectivity index (χ3v) is 3.86. The molecular formula is C11H16ClN3S. The molecule has 0 bridgehead atoms. The molecule has 0 N–H and O–H groups in total. The Balaban J connectivity index is 2.20. The molecule has 1 heterocycles. The first-order valence-electron chi connectivity index (χ1n) is 5.43. The molecule has 1 unspecified atom stereocenters. The van der Waals surface area contributed by atoms with Gasteiger partial charge in [-0.2, -0.15) is 0 Å². The summed E-state index contributed by atoms with van der Waals surface area (Å²) in [5.74, 6) is 1.74. The molecule has 1 aromatic rings. The van der Waals surface area contributed by atoms with Crippen LogP contribution in [0.5, 0.6) is 0 Å². The van der Waals surface area contributed by atoms with Crippen LogP contribution in [-0.2, 0) is 0 Å². The molecule has 5 heteroatoms. The van der Waals surface area contributed by atoms with Gasteiger partial charge in [0.2, 0.25) is 0 Å². The largest absolute Gasteiger partial charge is 0.357 e. The molecule has 0 amide bonds. The predicted molar refractivity (Wildman–Crippen MR) is 69.4 cm³/mol. The molecule has 0 aromatic carbocycles. The lowest BCUT2D eigenvalue weighted by Gasteiger charge is -2.26. The van der Waals surface area contributed by atoms with Crippen LogP contribution in [0.4, 0.5) is 5.82 Å². The molecule has 1 aromatic heterocycles. The van der Waals surface area contributed by atoms with E-state index in [0.29, 0.717) is 11.2 Å². The maximum Gasteiger partial charge on any atom is 0.190 e. The summed E-state index contributed by atoms with van der Waals surface area (Å²) >= 11 is 7.50. The van der Waals surface area contributed by atoms with Gasteiger partial charge in [-0.1, -0.05) is 23.4 Å². The number of halogens is 1. The van der Waals surface area contributed by atoms with Gasteiger partial charge in [0.05, 0.1) is 0 Å². The van der Waals surface area contributed by atoms with Crippen LogP contribution in [-0.4, -0.2) is 29.3 Å². The number of anilines is 1. The van der Waals surface area contributed by atoms with Crippen molar-refractivity contribution >= 4 is 29.2 Å². The minimum Gasteiger partial charge on any atom is -0.357 e. The first kappa shape index (κ1) is 12.0. The van der Waals surface area contributed by atoms with Crippen LogP contribution in [0.3, 0.4) is 0 Å². The van der Waals surface area contributed by atoms with Crippen LogP contribution >= 0.6 is 23.4 Å². The summed E-state index contributed by atoms with van der Waals surface area (Å²) in [4.78, 5) is 10.8. The van der Waals surface area contributed by atoms with Crippen molar-refractivity contribution in [3.63, 3.8) is 0 Å². The number of thioether (sulfide) groups is 1. The molecule has 0 aliphatic heterocycles. The lowest BCUT2D eigenvalue weighted by atomic mass is 10.2. The molecule has 88 valence electrons. The van der Waals surface area contributed by atoms with Crippen molar-refractivity contribution in [2.24, 2.45) is 5.92 Å². The molecule has 2 rings (SSSR count). The van der Waals surface area contributed by atoms with Gasteiger partial charge in [0.15, 0.2) is 5.16 Å². The van der Waals surface area contributed by atoms with Gasteiger partial charge in [-0.3, -0.25) is 0 Å². The summed E-state index contributed by atoms with van der Waals surface area (Å²) in [6.07, 6.45) is 4.62. The molecule has 1 aliphatic carbocycles. The number of aromatic nitrogens is 2. The Morgan fingerprint density at radius 2 is 2.19 bits per heavy atom. The Hall–Kier alpha value is -0.480. The third kappa shape index (κ3) is 2.61. The number of hydrogen-bond acceptors (Lipinski definition) is 4. The topological polar surface area (TPSA) is 29.0 Å². The lowest BCUT2D eigenvalue weighted by Crippen LogP contribution is -2.31. The highest BCUT2D eigenvalue weighted by Crippen LogP contribution is 2.36. The van der Waals surface area contributed by atoms with Crippen LogP contribution < -0.4 is 4.90 Å². The highest BCUT2D eigenvalue weighted by atomic mass is 35.5. The summed E-state index contributed by atoms with van der Waals surface area (Å²) in [7, 11) is 2.08. The van der Waals surface area contributed by atoms with Crippen molar-refractivity contribution in [3.05, 3.63) is 11.2 Å². The van der Waals surface area contributed by atoms with Gasteiger partial charge in [0.1, 0.15) is 11.0 Å². The van der Waals surface area contributed by atoms with Crippen molar-refractivity contribution in [3.8, 4) is 0 Å². The molecule has 0 radical (unpaired) electrons. The number of hydrogen-bond donors (Lipinski definition) is 0. The van der Waals surface area contributed by atoms with E-state index in [1.165, 1.54) is 24.6 Å². The normalized spacial score (nSPS) is 17.2. The van der Waals surface area contributed by atoms with E-state index in [0.717, 1.165) is 16.9 Å². The standard InChI is InChI=1S/C11H16ClN3S/c1-7(8-4-5-8)15(2)10-6-9(12)13-11(14-10)16-3/h6-8H,4-5H2,1-3H3. The second kappa shape index (κ2) is 4.80. The van der Waals surface area contributed by atoms with E-state index in [9.17, 15) is 0 Å².